The monoisotopic (exact) mass is 378 g/mol. The van der Waals surface area contributed by atoms with Gasteiger partial charge in [0, 0.05) is 16.8 Å². The van der Waals surface area contributed by atoms with E-state index in [9.17, 15) is 9.59 Å². The van der Waals surface area contributed by atoms with E-state index in [1.54, 1.807) is 0 Å². The minimum absolute atomic E-state index is 0.0569. The van der Waals surface area contributed by atoms with Crippen molar-refractivity contribution >= 4 is 33.8 Å². The Kier molecular flexibility index (Phi) is 6.58. The zero-order valence-corrected chi connectivity index (χ0v) is 15.0. The Balaban J connectivity index is 2.16. The molecule has 23 heavy (non-hydrogen) atoms. The van der Waals surface area contributed by atoms with Gasteiger partial charge in [0.25, 0.3) is 0 Å². The number of allylic oxidation sites excluding steroid dienone is 1. The molecule has 1 saturated carbocycles. The van der Waals surface area contributed by atoms with Gasteiger partial charge >= 0.3 is 5.97 Å². The third-order valence-electron chi connectivity index (χ3n) is 4.47. The molecule has 1 aromatic rings. The maximum Gasteiger partial charge on any atom is 0.303 e. The zero-order chi connectivity index (χ0) is 16.8. The van der Waals surface area contributed by atoms with E-state index in [0.29, 0.717) is 6.42 Å². The van der Waals surface area contributed by atoms with Crippen LogP contribution in [-0.4, -0.2) is 16.9 Å². The van der Waals surface area contributed by atoms with E-state index in [-0.39, 0.29) is 24.0 Å². The van der Waals surface area contributed by atoms with Gasteiger partial charge in [-0.3, -0.25) is 9.59 Å². The number of carboxylic acids is 1. The molecular weight excluding hydrogens is 356 g/mol. The normalized spacial score (nSPS) is 22.7. The molecule has 0 heterocycles. The van der Waals surface area contributed by atoms with Crippen molar-refractivity contribution in [1.82, 2.24) is 0 Å². The van der Waals surface area contributed by atoms with Crippen molar-refractivity contribution in [2.24, 2.45) is 11.8 Å². The van der Waals surface area contributed by atoms with Crippen LogP contribution in [0.15, 0.2) is 34.3 Å². The van der Waals surface area contributed by atoms with E-state index < -0.39 is 5.97 Å². The lowest BCUT2D eigenvalue weighted by Gasteiger charge is -2.15. The van der Waals surface area contributed by atoms with Crippen LogP contribution in [0.25, 0.3) is 6.08 Å². The summed E-state index contributed by atoms with van der Waals surface area (Å²) in [6.07, 6.45) is 6.58. The van der Waals surface area contributed by atoms with Crippen LogP contribution in [-0.2, 0) is 9.59 Å². The molecular formula is C19H23BrO3. The molecule has 2 atom stereocenters. The number of halogens is 1. The summed E-state index contributed by atoms with van der Waals surface area (Å²) < 4.78 is 0.999. The SMILES string of the molecule is CCCCC[C@H]1C(=O)C(=Cc2ccc(Br)cc2)C[C@@H]1CC(=O)O. The van der Waals surface area contributed by atoms with E-state index in [4.69, 9.17) is 5.11 Å². The second-order valence-electron chi connectivity index (χ2n) is 6.25. The predicted octanol–water partition coefficient (Wildman–Crippen LogP) is 5.09. The van der Waals surface area contributed by atoms with Crippen molar-refractivity contribution in [2.45, 2.75) is 45.4 Å². The number of hydrogen-bond acceptors (Lipinski definition) is 2. The Morgan fingerprint density at radius 3 is 2.61 bits per heavy atom. The van der Waals surface area contributed by atoms with Gasteiger partial charge in [0.1, 0.15) is 0 Å². The maximum absolute atomic E-state index is 12.7. The minimum atomic E-state index is -0.812. The Morgan fingerprint density at radius 2 is 2.00 bits per heavy atom. The van der Waals surface area contributed by atoms with Gasteiger partial charge in [0.2, 0.25) is 0 Å². The van der Waals surface area contributed by atoms with Crippen LogP contribution in [0.4, 0.5) is 0 Å². The standard InChI is InChI=1S/C19H23BrO3/c1-2-3-4-5-17-14(12-18(21)22)11-15(19(17)23)10-13-6-8-16(20)9-7-13/h6-10,14,17H,2-5,11-12H2,1H3,(H,21,22)/t14-,17-/m1/s1. The summed E-state index contributed by atoms with van der Waals surface area (Å²) in [5, 5.41) is 9.12. The average Bonchev–Trinajstić information content (AvgIpc) is 2.78. The largest absolute Gasteiger partial charge is 0.481 e. The van der Waals surface area contributed by atoms with Crippen molar-refractivity contribution < 1.29 is 14.7 Å². The first-order chi connectivity index (χ1) is 11.0. The lowest BCUT2D eigenvalue weighted by molar-refractivity contribution is -0.138. The molecule has 1 aromatic carbocycles. The number of Topliss-reactive ketones (excluding diaryl/α,β-unsaturated/α-hetero) is 1. The molecule has 0 aliphatic heterocycles. The Bertz CT molecular complexity index is 589. The number of carboxylic acid groups (broad SMARTS) is 1. The van der Waals surface area contributed by atoms with Crippen LogP contribution >= 0.6 is 15.9 Å². The van der Waals surface area contributed by atoms with Gasteiger partial charge in [-0.1, -0.05) is 54.2 Å². The van der Waals surface area contributed by atoms with Crippen molar-refractivity contribution in [2.75, 3.05) is 0 Å². The van der Waals surface area contributed by atoms with Crippen LogP contribution in [0, 0.1) is 11.8 Å². The van der Waals surface area contributed by atoms with Gasteiger partial charge in [0.15, 0.2) is 5.78 Å². The van der Waals surface area contributed by atoms with Crippen LogP contribution < -0.4 is 0 Å². The minimum Gasteiger partial charge on any atom is -0.481 e. The van der Waals surface area contributed by atoms with E-state index in [1.807, 2.05) is 30.3 Å². The summed E-state index contributed by atoms with van der Waals surface area (Å²) in [6, 6.07) is 7.81. The van der Waals surface area contributed by atoms with E-state index in [0.717, 1.165) is 41.3 Å². The van der Waals surface area contributed by atoms with Gasteiger partial charge < -0.3 is 5.11 Å². The fraction of sp³-hybridized carbons (Fsp3) is 0.474. The predicted molar refractivity (Wildman–Crippen MR) is 95.1 cm³/mol. The molecule has 0 amide bonds. The molecule has 0 bridgehead atoms. The second kappa shape index (κ2) is 8.44. The summed E-state index contributed by atoms with van der Waals surface area (Å²) in [5.74, 6) is -0.846. The van der Waals surface area contributed by atoms with E-state index >= 15 is 0 Å². The molecule has 1 fully saturated rings. The number of carbonyl (C=O) groups excluding carboxylic acids is 1. The van der Waals surface area contributed by atoms with Crippen molar-refractivity contribution in [3.05, 3.63) is 39.9 Å². The van der Waals surface area contributed by atoms with Crippen LogP contribution in [0.1, 0.15) is 51.0 Å². The number of unbranched alkanes of at least 4 members (excludes halogenated alkanes) is 2. The summed E-state index contributed by atoms with van der Waals surface area (Å²) in [5.41, 5.74) is 1.76. The van der Waals surface area contributed by atoms with E-state index in [1.165, 1.54) is 0 Å². The molecule has 1 aliphatic carbocycles. The van der Waals surface area contributed by atoms with E-state index in [2.05, 4.69) is 22.9 Å². The molecule has 1 N–H and O–H groups in total. The Labute approximate surface area is 145 Å². The first kappa shape index (κ1) is 17.9. The Hall–Kier alpha value is -1.42. The highest BCUT2D eigenvalue weighted by Gasteiger charge is 2.38. The lowest BCUT2D eigenvalue weighted by Crippen LogP contribution is -2.18. The van der Waals surface area contributed by atoms with Gasteiger partial charge in [-0.2, -0.15) is 0 Å². The number of benzene rings is 1. The highest BCUT2D eigenvalue weighted by atomic mass is 79.9. The summed E-state index contributed by atoms with van der Waals surface area (Å²) in [6.45, 7) is 2.13. The van der Waals surface area contributed by atoms with Crippen LogP contribution in [0.5, 0.6) is 0 Å². The first-order valence-corrected chi connectivity index (χ1v) is 9.02. The first-order valence-electron chi connectivity index (χ1n) is 8.23. The molecule has 0 radical (unpaired) electrons. The second-order valence-corrected chi connectivity index (χ2v) is 7.17. The molecule has 4 heteroatoms. The van der Waals surface area contributed by atoms with Crippen LogP contribution in [0.2, 0.25) is 0 Å². The van der Waals surface area contributed by atoms with Crippen LogP contribution in [0.3, 0.4) is 0 Å². The Morgan fingerprint density at radius 1 is 1.30 bits per heavy atom. The highest BCUT2D eigenvalue weighted by Crippen LogP contribution is 2.39. The lowest BCUT2D eigenvalue weighted by atomic mass is 9.88. The number of ketones is 1. The number of aliphatic carboxylic acids is 1. The van der Waals surface area contributed by atoms with Crippen molar-refractivity contribution in [3.8, 4) is 0 Å². The number of rotatable bonds is 7. The third kappa shape index (κ3) is 5.03. The molecule has 0 aromatic heterocycles. The third-order valence-corrected chi connectivity index (χ3v) is 5.00. The maximum atomic E-state index is 12.7. The smallest absolute Gasteiger partial charge is 0.303 e. The molecule has 2 rings (SSSR count). The quantitative estimate of drug-likeness (QED) is 0.530. The summed E-state index contributed by atoms with van der Waals surface area (Å²) >= 11 is 3.40. The number of hydrogen-bond donors (Lipinski definition) is 1. The van der Waals surface area contributed by atoms with Gasteiger partial charge in [-0.15, -0.1) is 0 Å². The molecule has 0 spiro atoms. The van der Waals surface area contributed by atoms with Gasteiger partial charge in [-0.05, 0) is 48.1 Å². The van der Waals surface area contributed by atoms with Crippen molar-refractivity contribution in [1.29, 1.82) is 0 Å². The van der Waals surface area contributed by atoms with Crippen molar-refractivity contribution in [3.63, 3.8) is 0 Å². The molecule has 3 nitrogen and oxygen atoms in total. The summed E-state index contributed by atoms with van der Waals surface area (Å²) in [7, 11) is 0. The molecule has 0 saturated heterocycles. The van der Waals surface area contributed by atoms with Gasteiger partial charge in [0.05, 0.1) is 0 Å². The molecule has 124 valence electrons. The highest BCUT2D eigenvalue weighted by molar-refractivity contribution is 9.10. The topological polar surface area (TPSA) is 54.4 Å². The molecule has 0 unspecified atom stereocenters. The molecule has 1 aliphatic rings. The zero-order valence-electron chi connectivity index (χ0n) is 13.4. The number of carbonyl (C=O) groups is 2. The average molecular weight is 379 g/mol. The summed E-state index contributed by atoms with van der Waals surface area (Å²) in [4.78, 5) is 23.8. The fourth-order valence-electron chi connectivity index (χ4n) is 3.29. The van der Waals surface area contributed by atoms with Gasteiger partial charge in [-0.25, -0.2) is 0 Å². The fourth-order valence-corrected chi connectivity index (χ4v) is 3.55.